The Kier molecular flexibility index (Phi) is 5.64. The highest BCUT2D eigenvalue weighted by Gasteiger charge is 2.40. The number of nitrogens with zero attached hydrogens (tertiary/aromatic N) is 6. The first-order valence-electron chi connectivity index (χ1n) is 10.7. The number of hydrogen-bond donors (Lipinski definition) is 1. The molecule has 3 aromatic heterocycles. The maximum absolute atomic E-state index is 13.5. The fourth-order valence-electron chi connectivity index (χ4n) is 3.95. The van der Waals surface area contributed by atoms with E-state index >= 15 is 0 Å². The second kappa shape index (κ2) is 8.51. The van der Waals surface area contributed by atoms with E-state index in [0.717, 1.165) is 26.1 Å². The van der Waals surface area contributed by atoms with E-state index in [4.69, 9.17) is 14.8 Å². The van der Waals surface area contributed by atoms with Crippen LogP contribution in [0.25, 0.3) is 33.2 Å². The molecule has 0 aliphatic carbocycles. The lowest BCUT2D eigenvalue weighted by molar-refractivity contribution is -0.147. The quantitative estimate of drug-likeness (QED) is 0.444. The van der Waals surface area contributed by atoms with Crippen molar-refractivity contribution in [3.8, 4) is 39.0 Å². The van der Waals surface area contributed by atoms with Crippen LogP contribution in [-0.2, 0) is 19.1 Å². The van der Waals surface area contributed by atoms with Crippen LogP contribution < -0.4 is 4.74 Å². The van der Waals surface area contributed by atoms with Gasteiger partial charge >= 0.3 is 6.18 Å². The van der Waals surface area contributed by atoms with Gasteiger partial charge < -0.3 is 9.84 Å². The summed E-state index contributed by atoms with van der Waals surface area (Å²) in [5.41, 5.74) is 3.24. The molecule has 12 heteroatoms. The minimum atomic E-state index is -4.61. The summed E-state index contributed by atoms with van der Waals surface area (Å²) in [7, 11) is 0. The summed E-state index contributed by atoms with van der Waals surface area (Å²) in [6, 6.07) is 5.24. The first kappa shape index (κ1) is 22.5. The van der Waals surface area contributed by atoms with Gasteiger partial charge in [-0.1, -0.05) is 6.07 Å². The standard InChI is InChI=1S/C22H21F3N6O2S/c1-12(2)31-19(28-29-21(31)22(23,24)25)20-27-18-15-4-3-13(14-10-26-30(11-14)6-7-32)9-16(15)33-8-5-17(18)34-20/h3-4,9-12,32H,5-8H2,1-2H3. The van der Waals surface area contributed by atoms with E-state index in [0.29, 0.717) is 36.0 Å². The topological polar surface area (TPSA) is 90.9 Å². The zero-order chi connectivity index (χ0) is 24.0. The van der Waals surface area contributed by atoms with E-state index in [1.807, 2.05) is 24.4 Å². The van der Waals surface area contributed by atoms with Gasteiger partial charge in [-0.15, -0.1) is 21.5 Å². The number of thiazole rings is 1. The van der Waals surface area contributed by atoms with Crippen molar-refractivity contribution < 1.29 is 23.0 Å². The zero-order valence-corrected chi connectivity index (χ0v) is 19.2. The molecular weight excluding hydrogens is 469 g/mol. The molecule has 0 amide bonds. The van der Waals surface area contributed by atoms with Crippen molar-refractivity contribution >= 4 is 11.3 Å². The van der Waals surface area contributed by atoms with Gasteiger partial charge in [0, 0.05) is 34.7 Å². The normalized spacial score (nSPS) is 13.5. The molecule has 0 atom stereocenters. The molecule has 0 spiro atoms. The van der Waals surface area contributed by atoms with Gasteiger partial charge in [-0.25, -0.2) is 4.98 Å². The summed E-state index contributed by atoms with van der Waals surface area (Å²) in [5, 5.41) is 21.0. The highest BCUT2D eigenvalue weighted by Crippen LogP contribution is 2.42. The Morgan fingerprint density at radius 3 is 2.76 bits per heavy atom. The van der Waals surface area contributed by atoms with E-state index in [1.165, 1.54) is 11.3 Å². The third-order valence-corrected chi connectivity index (χ3v) is 6.58. The molecule has 0 unspecified atom stereocenters. The van der Waals surface area contributed by atoms with Crippen molar-refractivity contribution in [2.75, 3.05) is 13.2 Å². The number of aliphatic hydroxyl groups is 1. The minimum Gasteiger partial charge on any atom is -0.492 e. The van der Waals surface area contributed by atoms with E-state index in [-0.39, 0.29) is 12.4 Å². The van der Waals surface area contributed by atoms with E-state index < -0.39 is 18.0 Å². The second-order valence-electron chi connectivity index (χ2n) is 8.12. The predicted molar refractivity (Wildman–Crippen MR) is 119 cm³/mol. The maximum Gasteiger partial charge on any atom is 0.451 e. The molecule has 0 saturated heterocycles. The molecule has 0 saturated carbocycles. The Morgan fingerprint density at radius 1 is 1.21 bits per heavy atom. The Labute approximate surface area is 196 Å². The molecule has 4 aromatic rings. The van der Waals surface area contributed by atoms with E-state index in [2.05, 4.69) is 15.3 Å². The molecule has 1 N–H and O–H groups in total. The molecule has 1 aliphatic heterocycles. The van der Waals surface area contributed by atoms with Crippen LogP contribution in [-0.4, -0.2) is 47.8 Å². The zero-order valence-electron chi connectivity index (χ0n) is 18.4. The Bertz CT molecular complexity index is 1340. The molecule has 178 valence electrons. The van der Waals surface area contributed by atoms with Crippen LogP contribution in [0.3, 0.4) is 0 Å². The number of ether oxygens (including phenoxy) is 1. The SMILES string of the molecule is CC(C)n1c(-c2nc3c(s2)CCOc2cc(-c4cnn(CCO)c4)ccc2-3)nnc1C(F)(F)F. The first-order chi connectivity index (χ1) is 16.3. The smallest absolute Gasteiger partial charge is 0.451 e. The lowest BCUT2D eigenvalue weighted by Crippen LogP contribution is -2.17. The summed E-state index contributed by atoms with van der Waals surface area (Å²) >= 11 is 1.31. The van der Waals surface area contributed by atoms with Gasteiger partial charge in [0.15, 0.2) is 10.8 Å². The first-order valence-corrected chi connectivity index (χ1v) is 11.5. The lowest BCUT2D eigenvalue weighted by atomic mass is 10.0. The van der Waals surface area contributed by atoms with Crippen LogP contribution in [0.15, 0.2) is 30.6 Å². The van der Waals surface area contributed by atoms with Crippen molar-refractivity contribution in [1.29, 1.82) is 0 Å². The Balaban J connectivity index is 1.55. The number of aromatic nitrogens is 6. The van der Waals surface area contributed by atoms with Crippen molar-refractivity contribution in [3.63, 3.8) is 0 Å². The molecule has 0 fully saturated rings. The number of rotatable bonds is 5. The predicted octanol–water partition coefficient (Wildman–Crippen LogP) is 4.46. The summed E-state index contributed by atoms with van der Waals surface area (Å²) in [5.74, 6) is -0.280. The fraction of sp³-hybridized carbons (Fsp3) is 0.364. The van der Waals surface area contributed by atoms with Crippen molar-refractivity contribution in [3.05, 3.63) is 41.3 Å². The van der Waals surface area contributed by atoms with Gasteiger partial charge in [-0.3, -0.25) is 9.25 Å². The molecule has 5 rings (SSSR count). The summed E-state index contributed by atoms with van der Waals surface area (Å²) in [4.78, 5) is 5.62. The molecule has 1 aliphatic rings. The van der Waals surface area contributed by atoms with Gasteiger partial charge in [0.25, 0.3) is 0 Å². The van der Waals surface area contributed by atoms with Crippen molar-refractivity contribution in [2.45, 2.75) is 39.0 Å². The molecule has 0 radical (unpaired) electrons. The number of halogens is 3. The minimum absolute atomic E-state index is 0.00160. The highest BCUT2D eigenvalue weighted by atomic mass is 32.1. The van der Waals surface area contributed by atoms with Crippen LogP contribution in [0.1, 0.15) is 30.6 Å². The van der Waals surface area contributed by atoms with Gasteiger partial charge in [0.05, 0.1) is 31.6 Å². The average molecular weight is 491 g/mol. The average Bonchev–Trinajstić information content (AvgIpc) is 3.50. The number of hydrogen-bond acceptors (Lipinski definition) is 7. The van der Waals surface area contributed by atoms with Crippen molar-refractivity contribution in [2.24, 2.45) is 0 Å². The van der Waals surface area contributed by atoms with Crippen LogP contribution in [0, 0.1) is 0 Å². The maximum atomic E-state index is 13.5. The van der Waals surface area contributed by atoms with Crippen LogP contribution in [0.4, 0.5) is 13.2 Å². The molecule has 4 heterocycles. The highest BCUT2D eigenvalue weighted by molar-refractivity contribution is 7.15. The fourth-order valence-corrected chi connectivity index (χ4v) is 4.99. The van der Waals surface area contributed by atoms with Gasteiger partial charge in [0.1, 0.15) is 5.75 Å². The second-order valence-corrected chi connectivity index (χ2v) is 9.21. The van der Waals surface area contributed by atoms with Gasteiger partial charge in [-0.2, -0.15) is 18.3 Å². The van der Waals surface area contributed by atoms with Crippen LogP contribution in [0.5, 0.6) is 5.75 Å². The summed E-state index contributed by atoms with van der Waals surface area (Å²) < 4.78 is 49.1. The third-order valence-electron chi connectivity index (χ3n) is 5.47. The van der Waals surface area contributed by atoms with Gasteiger partial charge in [0.2, 0.25) is 5.82 Å². The van der Waals surface area contributed by atoms with Crippen LogP contribution in [0.2, 0.25) is 0 Å². The molecule has 8 nitrogen and oxygen atoms in total. The van der Waals surface area contributed by atoms with Gasteiger partial charge in [-0.05, 0) is 31.5 Å². The number of aliphatic hydroxyl groups excluding tert-OH is 1. The molecule has 34 heavy (non-hydrogen) atoms. The number of benzene rings is 1. The number of fused-ring (bicyclic) bond motifs is 3. The summed E-state index contributed by atoms with van der Waals surface area (Å²) in [6.07, 6.45) is -0.464. The molecule has 0 bridgehead atoms. The molecule has 1 aromatic carbocycles. The van der Waals surface area contributed by atoms with E-state index in [1.54, 1.807) is 24.7 Å². The molecular formula is C22H21F3N6O2S. The monoisotopic (exact) mass is 490 g/mol. The number of alkyl halides is 3. The Hall–Kier alpha value is -3.25. The third kappa shape index (κ3) is 3.96. The Morgan fingerprint density at radius 2 is 2.03 bits per heavy atom. The lowest BCUT2D eigenvalue weighted by Gasteiger charge is -2.14. The van der Waals surface area contributed by atoms with Crippen LogP contribution >= 0.6 is 11.3 Å². The van der Waals surface area contributed by atoms with E-state index in [9.17, 15) is 13.2 Å². The largest absolute Gasteiger partial charge is 0.492 e. The summed E-state index contributed by atoms with van der Waals surface area (Å²) in [6.45, 7) is 4.14. The van der Waals surface area contributed by atoms with Crippen molar-refractivity contribution in [1.82, 2.24) is 29.5 Å².